The summed E-state index contributed by atoms with van der Waals surface area (Å²) in [5.74, 6) is 0. The minimum absolute atomic E-state index is 0.619. The third kappa shape index (κ3) is 2.37. The summed E-state index contributed by atoms with van der Waals surface area (Å²) in [5.41, 5.74) is 0. The first kappa shape index (κ1) is 7.57. The predicted molar refractivity (Wildman–Crippen MR) is 53.9 cm³/mol. The molecular weight excluding hydrogens is 326 g/mol. The summed E-state index contributed by atoms with van der Waals surface area (Å²) >= 11 is 5.16. The summed E-state index contributed by atoms with van der Waals surface area (Å²) in [4.78, 5) is 0. The van der Waals surface area contributed by atoms with E-state index in [1.807, 2.05) is 0 Å². The van der Waals surface area contributed by atoms with Gasteiger partial charge in [-0.1, -0.05) is 64.4 Å². The van der Waals surface area contributed by atoms with Crippen LogP contribution < -0.4 is 0 Å². The van der Waals surface area contributed by atoms with Gasteiger partial charge in [-0.15, -0.1) is 0 Å². The van der Waals surface area contributed by atoms with Gasteiger partial charge in [0.25, 0.3) is 0 Å². The minimum atomic E-state index is 0.619. The lowest BCUT2D eigenvalue weighted by atomic mass is 10.0. The topological polar surface area (TPSA) is 0 Å². The third-order valence-electron chi connectivity index (χ3n) is 1.59. The average Bonchev–Trinajstić information content (AvgIpc) is 1.65. The van der Waals surface area contributed by atoms with Crippen LogP contribution in [0.15, 0.2) is 0 Å². The lowest BCUT2D eigenvalue weighted by Gasteiger charge is -2.24. The fourth-order valence-corrected chi connectivity index (χ4v) is 2.59. The van der Waals surface area contributed by atoms with E-state index in [0.717, 1.165) is 0 Å². The summed E-state index contributed by atoms with van der Waals surface area (Å²) in [6.07, 6.45) is 7.22. The predicted octanol–water partition coefficient (Wildman–Crippen LogP) is 3.52. The summed E-state index contributed by atoms with van der Waals surface area (Å²) in [5, 5.41) is 0. The van der Waals surface area contributed by atoms with Crippen LogP contribution >= 0.6 is 45.2 Å². The van der Waals surface area contributed by atoms with Crippen molar-refractivity contribution in [2.24, 2.45) is 0 Å². The molecule has 0 aromatic carbocycles. The highest BCUT2D eigenvalue weighted by Crippen LogP contribution is 2.41. The first-order valence-corrected chi connectivity index (χ1v) is 5.24. The molecule has 0 bridgehead atoms. The Morgan fingerprint density at radius 1 is 0.875 bits per heavy atom. The van der Waals surface area contributed by atoms with E-state index in [4.69, 9.17) is 0 Å². The molecule has 0 aromatic heterocycles. The van der Waals surface area contributed by atoms with E-state index in [9.17, 15) is 0 Å². The van der Waals surface area contributed by atoms with Gasteiger partial charge in [0.2, 0.25) is 0 Å². The van der Waals surface area contributed by atoms with E-state index in [1.165, 1.54) is 32.1 Å². The highest BCUT2D eigenvalue weighted by atomic mass is 127. The van der Waals surface area contributed by atoms with Crippen molar-refractivity contribution in [2.45, 2.75) is 33.5 Å². The molecule has 0 unspecified atom stereocenters. The number of hydrogen-bond donors (Lipinski definition) is 0. The first-order valence-electron chi connectivity index (χ1n) is 3.09. The molecule has 1 aliphatic rings. The molecular formula is C6H10I2. The molecule has 0 radical (unpaired) electrons. The zero-order valence-electron chi connectivity index (χ0n) is 4.79. The van der Waals surface area contributed by atoms with Gasteiger partial charge in [0.15, 0.2) is 0 Å². The highest BCUT2D eigenvalue weighted by molar-refractivity contribution is 14.2. The van der Waals surface area contributed by atoms with Crippen molar-refractivity contribution < 1.29 is 0 Å². The summed E-state index contributed by atoms with van der Waals surface area (Å²) in [6.45, 7) is 0. The minimum Gasteiger partial charge on any atom is -0.0672 e. The average molecular weight is 336 g/mol. The van der Waals surface area contributed by atoms with Crippen LogP contribution in [0.3, 0.4) is 0 Å². The van der Waals surface area contributed by atoms with E-state index < -0.39 is 0 Å². The molecule has 0 nitrogen and oxygen atoms in total. The Bertz CT molecular complexity index is 70.6. The van der Waals surface area contributed by atoms with Crippen LogP contribution in [0.1, 0.15) is 32.1 Å². The van der Waals surface area contributed by atoms with Gasteiger partial charge < -0.3 is 0 Å². The van der Waals surface area contributed by atoms with Gasteiger partial charge in [0.05, 0.1) is 1.43 Å². The summed E-state index contributed by atoms with van der Waals surface area (Å²) in [6, 6.07) is 0. The van der Waals surface area contributed by atoms with Crippen LogP contribution in [-0.2, 0) is 0 Å². The SMILES string of the molecule is IC1(I)CCCCC1. The Balaban J connectivity index is 2.33. The van der Waals surface area contributed by atoms with E-state index in [-0.39, 0.29) is 0 Å². The normalized spacial score (nSPS) is 27.8. The maximum Gasteiger partial charge on any atom is 0.0734 e. The maximum atomic E-state index is 2.58. The van der Waals surface area contributed by atoms with Crippen molar-refractivity contribution in [2.75, 3.05) is 0 Å². The third-order valence-corrected chi connectivity index (χ3v) is 3.74. The van der Waals surface area contributed by atoms with Crippen molar-refractivity contribution >= 4 is 45.2 Å². The summed E-state index contributed by atoms with van der Waals surface area (Å²) < 4.78 is 0.619. The van der Waals surface area contributed by atoms with Gasteiger partial charge in [-0.3, -0.25) is 0 Å². The number of halogens is 2. The van der Waals surface area contributed by atoms with E-state index in [1.54, 1.807) is 0 Å². The molecule has 0 N–H and O–H groups in total. The van der Waals surface area contributed by atoms with E-state index in [2.05, 4.69) is 45.2 Å². The molecule has 1 rings (SSSR count). The van der Waals surface area contributed by atoms with Gasteiger partial charge in [-0.05, 0) is 12.8 Å². The lowest BCUT2D eigenvalue weighted by molar-refractivity contribution is 0.517. The van der Waals surface area contributed by atoms with E-state index in [0.29, 0.717) is 1.43 Å². The van der Waals surface area contributed by atoms with Crippen molar-refractivity contribution in [3.8, 4) is 0 Å². The Morgan fingerprint density at radius 2 is 1.38 bits per heavy atom. The second-order valence-electron chi connectivity index (χ2n) is 2.42. The molecule has 0 atom stereocenters. The molecule has 0 aromatic rings. The van der Waals surface area contributed by atoms with Gasteiger partial charge in [0, 0.05) is 0 Å². The van der Waals surface area contributed by atoms with Crippen LogP contribution in [-0.4, -0.2) is 1.43 Å². The van der Waals surface area contributed by atoms with Crippen molar-refractivity contribution in [3.63, 3.8) is 0 Å². The number of hydrogen-bond acceptors (Lipinski definition) is 0. The second-order valence-corrected chi connectivity index (χ2v) is 8.61. The van der Waals surface area contributed by atoms with E-state index >= 15 is 0 Å². The van der Waals surface area contributed by atoms with Crippen LogP contribution in [0.4, 0.5) is 0 Å². The molecule has 8 heavy (non-hydrogen) atoms. The van der Waals surface area contributed by atoms with Crippen molar-refractivity contribution in [1.29, 1.82) is 0 Å². The molecule has 0 amide bonds. The van der Waals surface area contributed by atoms with Crippen LogP contribution in [0.5, 0.6) is 0 Å². The van der Waals surface area contributed by atoms with Crippen LogP contribution in [0.2, 0.25) is 0 Å². The van der Waals surface area contributed by atoms with Gasteiger partial charge in [-0.2, -0.15) is 0 Å². The first-order chi connectivity index (χ1) is 3.71. The molecule has 2 heteroatoms. The Hall–Kier alpha value is 1.46. The summed E-state index contributed by atoms with van der Waals surface area (Å²) in [7, 11) is 0. The Labute approximate surface area is 78.1 Å². The van der Waals surface area contributed by atoms with Crippen molar-refractivity contribution in [1.82, 2.24) is 0 Å². The molecule has 1 fully saturated rings. The number of rotatable bonds is 0. The molecule has 0 heterocycles. The molecule has 0 aliphatic heterocycles. The Morgan fingerprint density at radius 3 is 1.62 bits per heavy atom. The monoisotopic (exact) mass is 336 g/mol. The smallest absolute Gasteiger partial charge is 0.0672 e. The maximum absolute atomic E-state index is 2.58. The largest absolute Gasteiger partial charge is 0.0734 e. The highest BCUT2D eigenvalue weighted by Gasteiger charge is 2.24. The quantitative estimate of drug-likeness (QED) is 0.469. The molecule has 1 aliphatic carbocycles. The van der Waals surface area contributed by atoms with Gasteiger partial charge >= 0.3 is 0 Å². The van der Waals surface area contributed by atoms with Crippen LogP contribution in [0.25, 0.3) is 0 Å². The van der Waals surface area contributed by atoms with Gasteiger partial charge in [-0.25, -0.2) is 0 Å². The molecule has 1 saturated carbocycles. The standard InChI is InChI=1S/C6H10I2/c7-6(8)4-2-1-3-5-6/h1-5H2. The number of alkyl halides is 2. The van der Waals surface area contributed by atoms with Gasteiger partial charge in [0.1, 0.15) is 0 Å². The zero-order valence-corrected chi connectivity index (χ0v) is 9.11. The molecule has 0 saturated heterocycles. The second kappa shape index (κ2) is 3.03. The molecule has 0 spiro atoms. The zero-order chi connectivity index (χ0) is 6.04. The fraction of sp³-hybridized carbons (Fsp3) is 1.00. The van der Waals surface area contributed by atoms with Crippen LogP contribution in [0, 0.1) is 0 Å². The van der Waals surface area contributed by atoms with Crippen molar-refractivity contribution in [3.05, 3.63) is 0 Å². The lowest BCUT2D eigenvalue weighted by Crippen LogP contribution is -2.14. The fourth-order valence-electron chi connectivity index (χ4n) is 1.07. The molecule has 48 valence electrons. The Kier molecular flexibility index (Phi) is 2.87.